The summed E-state index contributed by atoms with van der Waals surface area (Å²) in [7, 11) is 0. The van der Waals surface area contributed by atoms with E-state index in [4.69, 9.17) is 4.42 Å². The lowest BCUT2D eigenvalue weighted by Crippen LogP contribution is -2.29. The fraction of sp³-hybridized carbons (Fsp3) is 0.333. The summed E-state index contributed by atoms with van der Waals surface area (Å²) < 4.78 is 44.2. The number of hydrogen-bond acceptors (Lipinski definition) is 2. The highest BCUT2D eigenvalue weighted by Gasteiger charge is 2.34. The Morgan fingerprint density at radius 1 is 1.24 bits per heavy atom. The molecule has 0 aliphatic carbocycles. The van der Waals surface area contributed by atoms with Crippen LogP contribution in [0.1, 0.15) is 24.5 Å². The van der Waals surface area contributed by atoms with Crippen LogP contribution in [0.3, 0.4) is 0 Å². The molecule has 1 N–H and O–H groups in total. The van der Waals surface area contributed by atoms with Gasteiger partial charge in [-0.1, -0.05) is 12.1 Å². The van der Waals surface area contributed by atoms with E-state index in [0.717, 1.165) is 30.2 Å². The first kappa shape index (κ1) is 15.9. The lowest BCUT2D eigenvalue weighted by Gasteiger charge is -2.21. The van der Waals surface area contributed by atoms with Gasteiger partial charge in [0, 0.05) is 23.5 Å². The van der Waals surface area contributed by atoms with Crippen LogP contribution >= 0.6 is 12.4 Å². The molecule has 114 valence electrons. The molecule has 3 rings (SSSR count). The first-order valence-corrected chi connectivity index (χ1v) is 6.47. The van der Waals surface area contributed by atoms with E-state index in [0.29, 0.717) is 11.6 Å². The van der Waals surface area contributed by atoms with Gasteiger partial charge >= 0.3 is 6.18 Å². The van der Waals surface area contributed by atoms with Gasteiger partial charge in [-0.25, -0.2) is 0 Å². The maximum absolute atomic E-state index is 13.0. The first-order valence-electron chi connectivity index (χ1n) is 6.47. The van der Waals surface area contributed by atoms with Crippen LogP contribution in [0.5, 0.6) is 0 Å². The van der Waals surface area contributed by atoms with Crippen LogP contribution in [0.2, 0.25) is 0 Å². The van der Waals surface area contributed by atoms with Gasteiger partial charge in [0.15, 0.2) is 0 Å². The minimum Gasteiger partial charge on any atom is -0.464 e. The summed E-state index contributed by atoms with van der Waals surface area (Å²) in [6.07, 6.45) is -0.267. The van der Waals surface area contributed by atoms with Crippen molar-refractivity contribution in [2.45, 2.75) is 25.6 Å². The number of alkyl halides is 3. The van der Waals surface area contributed by atoms with Crippen LogP contribution in [-0.4, -0.2) is 12.6 Å². The third kappa shape index (κ3) is 2.94. The van der Waals surface area contributed by atoms with Gasteiger partial charge in [0.2, 0.25) is 0 Å². The summed E-state index contributed by atoms with van der Waals surface area (Å²) in [5.74, 6) is 0. The topological polar surface area (TPSA) is 25.2 Å². The van der Waals surface area contributed by atoms with E-state index in [1.165, 1.54) is 18.4 Å². The molecule has 0 bridgehead atoms. The Bertz CT molecular complexity index is 675. The average molecular weight is 318 g/mol. The molecule has 1 atom stereocenters. The van der Waals surface area contributed by atoms with Gasteiger partial charge in [0.05, 0.1) is 11.8 Å². The maximum Gasteiger partial charge on any atom is 0.417 e. The zero-order chi connectivity index (χ0) is 14.3. The normalized spacial score (nSPS) is 19.2. The molecule has 21 heavy (non-hydrogen) atoms. The summed E-state index contributed by atoms with van der Waals surface area (Å²) in [5.41, 5.74) is 1.46. The van der Waals surface area contributed by atoms with Crippen LogP contribution in [0.25, 0.3) is 16.5 Å². The maximum atomic E-state index is 13.0. The summed E-state index contributed by atoms with van der Waals surface area (Å²) in [6, 6.07) is 4.34. The van der Waals surface area contributed by atoms with E-state index in [1.54, 1.807) is 0 Å². The van der Waals surface area contributed by atoms with Gasteiger partial charge in [-0.2, -0.15) is 13.2 Å². The third-order valence-corrected chi connectivity index (χ3v) is 3.61. The fourth-order valence-corrected chi connectivity index (χ4v) is 2.65. The highest BCUT2D eigenvalue weighted by atomic mass is 35.5. The van der Waals surface area contributed by atoms with Crippen molar-refractivity contribution in [2.75, 3.05) is 6.54 Å². The van der Waals surface area contributed by atoms with E-state index in [1.807, 2.05) is 6.08 Å². The number of furan rings is 1. The van der Waals surface area contributed by atoms with Gasteiger partial charge in [-0.05, 0) is 31.1 Å². The molecule has 1 aromatic carbocycles. The molecule has 2 nitrogen and oxygen atoms in total. The molecule has 1 aliphatic rings. The molecule has 2 aromatic rings. The number of fused-ring (bicyclic) bond motifs is 1. The lowest BCUT2D eigenvalue weighted by atomic mass is 9.93. The molecule has 1 aromatic heterocycles. The molecular formula is C15H15ClF3NO. The van der Waals surface area contributed by atoms with Crippen molar-refractivity contribution in [3.05, 3.63) is 41.7 Å². The van der Waals surface area contributed by atoms with Crippen molar-refractivity contribution in [1.29, 1.82) is 0 Å². The SMILES string of the molecule is CC1CC(c2ccc(C(F)(F)F)c3ccoc23)=CCN1.Cl. The number of halogens is 4. The van der Waals surface area contributed by atoms with Crippen LogP contribution in [0.15, 0.2) is 35.0 Å². The van der Waals surface area contributed by atoms with Crippen molar-refractivity contribution in [3.8, 4) is 0 Å². The van der Waals surface area contributed by atoms with Crippen LogP contribution in [-0.2, 0) is 6.18 Å². The predicted octanol–water partition coefficient (Wildman–Crippen LogP) is 4.64. The van der Waals surface area contributed by atoms with Gasteiger partial charge in [0.25, 0.3) is 0 Å². The van der Waals surface area contributed by atoms with Crippen LogP contribution in [0, 0.1) is 0 Å². The van der Waals surface area contributed by atoms with Crippen molar-refractivity contribution >= 4 is 28.9 Å². The molecule has 6 heteroatoms. The second-order valence-corrected chi connectivity index (χ2v) is 5.06. The Balaban J connectivity index is 0.00000161. The minimum atomic E-state index is -4.36. The molecule has 0 fully saturated rings. The Labute approximate surface area is 126 Å². The summed E-state index contributed by atoms with van der Waals surface area (Å²) in [4.78, 5) is 0. The molecule has 0 radical (unpaired) electrons. The molecular weight excluding hydrogens is 303 g/mol. The van der Waals surface area contributed by atoms with Gasteiger partial charge < -0.3 is 9.73 Å². The van der Waals surface area contributed by atoms with Gasteiger partial charge in [-0.3, -0.25) is 0 Å². The smallest absolute Gasteiger partial charge is 0.417 e. The monoisotopic (exact) mass is 317 g/mol. The molecule has 0 spiro atoms. The van der Waals surface area contributed by atoms with E-state index in [-0.39, 0.29) is 17.8 Å². The largest absolute Gasteiger partial charge is 0.464 e. The first-order chi connectivity index (χ1) is 9.47. The number of benzene rings is 1. The van der Waals surface area contributed by atoms with Gasteiger partial charge in [-0.15, -0.1) is 12.4 Å². The van der Waals surface area contributed by atoms with Gasteiger partial charge in [0.1, 0.15) is 5.58 Å². The number of hydrogen-bond donors (Lipinski definition) is 1. The molecule has 0 saturated heterocycles. The minimum absolute atomic E-state index is 0. The van der Waals surface area contributed by atoms with Crippen molar-refractivity contribution in [2.24, 2.45) is 0 Å². The Morgan fingerprint density at radius 3 is 2.67 bits per heavy atom. The average Bonchev–Trinajstić information content (AvgIpc) is 2.85. The van der Waals surface area contributed by atoms with E-state index < -0.39 is 11.7 Å². The molecule has 1 unspecified atom stereocenters. The van der Waals surface area contributed by atoms with E-state index in [9.17, 15) is 13.2 Å². The van der Waals surface area contributed by atoms with Crippen molar-refractivity contribution in [1.82, 2.24) is 5.32 Å². The predicted molar refractivity (Wildman–Crippen MR) is 78.5 cm³/mol. The third-order valence-electron chi connectivity index (χ3n) is 3.61. The molecule has 1 aliphatic heterocycles. The van der Waals surface area contributed by atoms with E-state index >= 15 is 0 Å². The van der Waals surface area contributed by atoms with Crippen molar-refractivity contribution in [3.63, 3.8) is 0 Å². The highest BCUT2D eigenvalue weighted by molar-refractivity contribution is 5.92. The van der Waals surface area contributed by atoms with E-state index in [2.05, 4.69) is 12.2 Å². The standard InChI is InChI=1S/C15H14F3NO.ClH/c1-9-8-10(4-6-19-9)11-2-3-13(15(16,17)18)12-5-7-20-14(11)12;/h2-5,7,9,19H,6,8H2,1H3;1H. The Hall–Kier alpha value is -1.46. The lowest BCUT2D eigenvalue weighted by molar-refractivity contribution is -0.136. The summed E-state index contributed by atoms with van der Waals surface area (Å²) in [5, 5.41) is 3.40. The Morgan fingerprint density at radius 2 is 2.00 bits per heavy atom. The summed E-state index contributed by atoms with van der Waals surface area (Å²) in [6.45, 7) is 2.77. The van der Waals surface area contributed by atoms with Crippen LogP contribution < -0.4 is 5.32 Å². The Kier molecular flexibility index (Phi) is 4.35. The van der Waals surface area contributed by atoms with Crippen LogP contribution in [0.4, 0.5) is 13.2 Å². The van der Waals surface area contributed by atoms with Crippen molar-refractivity contribution < 1.29 is 17.6 Å². The fourth-order valence-electron chi connectivity index (χ4n) is 2.65. The second kappa shape index (κ2) is 5.73. The second-order valence-electron chi connectivity index (χ2n) is 5.06. The zero-order valence-electron chi connectivity index (χ0n) is 11.3. The quantitative estimate of drug-likeness (QED) is 0.829. The number of nitrogens with one attached hydrogen (secondary N) is 1. The molecule has 2 heterocycles. The highest BCUT2D eigenvalue weighted by Crippen LogP contribution is 2.39. The zero-order valence-corrected chi connectivity index (χ0v) is 12.1. The summed E-state index contributed by atoms with van der Waals surface area (Å²) >= 11 is 0. The molecule has 0 amide bonds. The molecule has 0 saturated carbocycles. The number of rotatable bonds is 1.